The molecule has 0 saturated heterocycles. The smallest absolute Gasteiger partial charge is 0.0794 e. The molecule has 0 rings (SSSR count). The molecule has 0 amide bonds. The van der Waals surface area contributed by atoms with Gasteiger partial charge in [-0.05, 0) is 32.4 Å². The highest BCUT2D eigenvalue weighted by molar-refractivity contribution is 5.19. The Balaban J connectivity index is 4.00. The summed E-state index contributed by atoms with van der Waals surface area (Å²) < 4.78 is 0. The highest BCUT2D eigenvalue weighted by Crippen LogP contribution is 2.01. The molecule has 0 aromatic heterocycles. The number of hydrogen-bond donors (Lipinski definition) is 1. The van der Waals surface area contributed by atoms with E-state index in [2.05, 4.69) is 0 Å². The van der Waals surface area contributed by atoms with Crippen LogP contribution in [0, 0.1) is 0 Å². The van der Waals surface area contributed by atoms with Crippen LogP contribution in [0.2, 0.25) is 0 Å². The molecule has 0 fully saturated rings. The quantitative estimate of drug-likeness (QED) is 0.408. The fourth-order valence-electron chi connectivity index (χ4n) is 0.278. The second-order valence-electron chi connectivity index (χ2n) is 2.00. The minimum absolute atomic E-state index is 1.06. The molecule has 0 aliphatic heterocycles. The van der Waals surface area contributed by atoms with E-state index in [-0.39, 0.29) is 0 Å². The highest BCUT2D eigenvalue weighted by atomic mass is 16.2. The predicted octanol–water partition coefficient (Wildman–Crippen LogP) is 2.41. The van der Waals surface area contributed by atoms with E-state index in [0.717, 1.165) is 11.8 Å². The van der Waals surface area contributed by atoms with Crippen molar-refractivity contribution in [2.24, 2.45) is 0 Å². The summed E-state index contributed by atoms with van der Waals surface area (Å²) in [5.41, 5.74) is 2.35. The van der Waals surface area contributed by atoms with Crippen molar-refractivity contribution < 1.29 is 5.11 Å². The molecule has 1 N–H and O–H groups in total. The van der Waals surface area contributed by atoms with E-state index in [1.807, 2.05) is 20.8 Å². The van der Waals surface area contributed by atoms with Crippen LogP contribution in [0.5, 0.6) is 0 Å². The van der Waals surface area contributed by atoms with Crippen LogP contribution in [-0.4, -0.2) is 5.11 Å². The van der Waals surface area contributed by atoms with E-state index in [4.69, 9.17) is 5.11 Å². The van der Waals surface area contributed by atoms with E-state index < -0.39 is 0 Å². The van der Waals surface area contributed by atoms with Gasteiger partial charge in [0.1, 0.15) is 0 Å². The molecular weight excluding hydrogens is 100 g/mol. The van der Waals surface area contributed by atoms with Crippen molar-refractivity contribution in [1.29, 1.82) is 0 Å². The zero-order valence-corrected chi connectivity index (χ0v) is 5.60. The summed E-state index contributed by atoms with van der Waals surface area (Å²) in [6.07, 6.45) is 2.73. The van der Waals surface area contributed by atoms with E-state index in [9.17, 15) is 0 Å². The summed E-state index contributed by atoms with van der Waals surface area (Å²) in [6.45, 7) is 5.98. The number of allylic oxidation sites excluding steroid dienone is 3. The van der Waals surface area contributed by atoms with Gasteiger partial charge in [-0.2, -0.15) is 0 Å². The molecule has 0 saturated carbocycles. The van der Waals surface area contributed by atoms with Gasteiger partial charge in [-0.1, -0.05) is 5.57 Å². The van der Waals surface area contributed by atoms with Crippen LogP contribution in [0.4, 0.5) is 0 Å². The molecule has 46 valence electrons. The van der Waals surface area contributed by atoms with Crippen LogP contribution in [-0.2, 0) is 0 Å². The van der Waals surface area contributed by atoms with Crippen LogP contribution in [0.25, 0.3) is 0 Å². The van der Waals surface area contributed by atoms with Gasteiger partial charge in [0.25, 0.3) is 0 Å². The Morgan fingerprint density at radius 1 is 1.25 bits per heavy atom. The second kappa shape index (κ2) is 3.30. The third kappa shape index (κ3) is 2.45. The molecule has 0 heterocycles. The number of aliphatic hydroxyl groups excluding tert-OH is 1. The third-order valence-corrected chi connectivity index (χ3v) is 1.11. The van der Waals surface area contributed by atoms with E-state index in [0.29, 0.717) is 0 Å². The lowest BCUT2D eigenvalue weighted by molar-refractivity contribution is 0.473. The topological polar surface area (TPSA) is 20.2 Å². The Bertz CT molecular complexity index is 116. The highest BCUT2D eigenvalue weighted by Gasteiger charge is 1.81. The first-order chi connectivity index (χ1) is 3.68. The Hall–Kier alpha value is -0.720. The normalized spacial score (nSPS) is 9.88. The van der Waals surface area contributed by atoms with Gasteiger partial charge in [-0.3, -0.25) is 0 Å². The average molecular weight is 112 g/mol. The van der Waals surface area contributed by atoms with E-state index in [1.165, 1.54) is 5.57 Å². The van der Waals surface area contributed by atoms with Gasteiger partial charge >= 0.3 is 0 Å². The van der Waals surface area contributed by atoms with Crippen LogP contribution in [0.15, 0.2) is 23.5 Å². The van der Waals surface area contributed by atoms with Gasteiger partial charge in [-0.25, -0.2) is 0 Å². The lowest BCUT2D eigenvalue weighted by Gasteiger charge is -1.91. The van der Waals surface area contributed by atoms with Crippen molar-refractivity contribution in [3.63, 3.8) is 0 Å². The molecule has 0 radical (unpaired) electrons. The fourth-order valence-corrected chi connectivity index (χ4v) is 0.278. The molecule has 0 spiro atoms. The maximum atomic E-state index is 8.27. The lowest BCUT2D eigenvalue weighted by Crippen LogP contribution is -1.71. The average Bonchev–Trinajstić information content (AvgIpc) is 1.67. The molecule has 1 heteroatoms. The first-order valence-corrected chi connectivity index (χ1v) is 2.63. The fraction of sp³-hybridized carbons (Fsp3) is 0.429. The monoisotopic (exact) mass is 112 g/mol. The van der Waals surface area contributed by atoms with Crippen LogP contribution < -0.4 is 0 Å². The third-order valence-electron chi connectivity index (χ3n) is 1.11. The minimum atomic E-state index is 1.06. The Morgan fingerprint density at radius 2 is 1.75 bits per heavy atom. The molecule has 0 aromatic rings. The van der Waals surface area contributed by atoms with E-state index in [1.54, 1.807) is 6.08 Å². The van der Waals surface area contributed by atoms with Crippen molar-refractivity contribution >= 4 is 0 Å². The number of aliphatic hydroxyl groups is 1. The van der Waals surface area contributed by atoms with Crippen molar-refractivity contribution in [3.05, 3.63) is 23.5 Å². The summed E-state index contributed by atoms with van der Waals surface area (Å²) in [6, 6.07) is 0. The molecule has 0 aliphatic carbocycles. The van der Waals surface area contributed by atoms with Gasteiger partial charge in [-0.15, -0.1) is 0 Å². The Labute approximate surface area is 50.3 Å². The Kier molecular flexibility index (Phi) is 3.01. The van der Waals surface area contributed by atoms with Gasteiger partial charge in [0.15, 0.2) is 0 Å². The summed E-state index contributed by atoms with van der Waals surface area (Å²) >= 11 is 0. The molecule has 0 aromatic carbocycles. The SMILES string of the molecule is CC(C)=C(C)C=CO. The number of hydrogen-bond acceptors (Lipinski definition) is 1. The van der Waals surface area contributed by atoms with Crippen molar-refractivity contribution in [1.82, 2.24) is 0 Å². The first-order valence-electron chi connectivity index (χ1n) is 2.63. The molecule has 1 nitrogen and oxygen atoms in total. The summed E-state index contributed by atoms with van der Waals surface area (Å²) in [5.74, 6) is 0. The largest absolute Gasteiger partial charge is 0.516 e. The molecule has 0 unspecified atom stereocenters. The van der Waals surface area contributed by atoms with E-state index >= 15 is 0 Å². The van der Waals surface area contributed by atoms with Crippen LogP contribution in [0.3, 0.4) is 0 Å². The van der Waals surface area contributed by atoms with Crippen molar-refractivity contribution in [2.75, 3.05) is 0 Å². The maximum absolute atomic E-state index is 8.27. The molecule has 0 atom stereocenters. The first kappa shape index (κ1) is 7.28. The van der Waals surface area contributed by atoms with Crippen molar-refractivity contribution in [3.8, 4) is 0 Å². The minimum Gasteiger partial charge on any atom is -0.516 e. The Morgan fingerprint density at radius 3 is 1.88 bits per heavy atom. The molecule has 0 aliphatic rings. The number of rotatable bonds is 1. The second-order valence-corrected chi connectivity index (χ2v) is 2.00. The van der Waals surface area contributed by atoms with Gasteiger partial charge in [0.05, 0.1) is 6.26 Å². The van der Waals surface area contributed by atoms with Gasteiger partial charge < -0.3 is 5.11 Å². The molecule has 0 bridgehead atoms. The summed E-state index contributed by atoms with van der Waals surface area (Å²) in [5, 5.41) is 8.27. The molecule has 8 heavy (non-hydrogen) atoms. The van der Waals surface area contributed by atoms with Gasteiger partial charge in [0, 0.05) is 0 Å². The van der Waals surface area contributed by atoms with Gasteiger partial charge in [0.2, 0.25) is 0 Å². The van der Waals surface area contributed by atoms with Crippen LogP contribution >= 0.6 is 0 Å². The zero-order valence-electron chi connectivity index (χ0n) is 5.60. The zero-order chi connectivity index (χ0) is 6.57. The standard InChI is InChI=1S/C7H12O/c1-6(2)7(3)4-5-8/h4-5,8H,1-3H3. The predicted molar refractivity (Wildman–Crippen MR) is 35.8 cm³/mol. The molecular formula is C7H12O. The van der Waals surface area contributed by atoms with Crippen molar-refractivity contribution in [2.45, 2.75) is 20.8 Å². The van der Waals surface area contributed by atoms with Crippen LogP contribution in [0.1, 0.15) is 20.8 Å². The lowest BCUT2D eigenvalue weighted by atomic mass is 10.2. The summed E-state index contributed by atoms with van der Waals surface area (Å²) in [7, 11) is 0. The maximum Gasteiger partial charge on any atom is 0.0794 e. The summed E-state index contributed by atoms with van der Waals surface area (Å²) in [4.78, 5) is 0.